The zero-order chi connectivity index (χ0) is 20.8. The lowest BCUT2D eigenvalue weighted by molar-refractivity contribution is 0.356. The van der Waals surface area contributed by atoms with Crippen LogP contribution in [0.3, 0.4) is 0 Å². The third kappa shape index (κ3) is 26.1. The summed E-state index contributed by atoms with van der Waals surface area (Å²) in [6, 6.07) is 1.21. The van der Waals surface area contributed by atoms with E-state index in [4.69, 9.17) is 4.43 Å². The maximum atomic E-state index is 5.09. The fourth-order valence-electron chi connectivity index (χ4n) is 3.72. The van der Waals surface area contributed by atoms with E-state index >= 15 is 0 Å². The van der Waals surface area contributed by atoms with Crippen molar-refractivity contribution in [1.82, 2.24) is 5.32 Å². The van der Waals surface area contributed by atoms with Gasteiger partial charge in [0.1, 0.15) is 0 Å². The van der Waals surface area contributed by atoms with Gasteiger partial charge in [-0.1, -0.05) is 111 Å². The van der Waals surface area contributed by atoms with Gasteiger partial charge >= 0.3 is 0 Å². The van der Waals surface area contributed by atoms with Gasteiger partial charge in [0.15, 0.2) is 0 Å². The van der Waals surface area contributed by atoms with Crippen molar-refractivity contribution in [3.63, 3.8) is 0 Å². The minimum absolute atomic E-state index is 0.529. The Bertz CT molecular complexity index is 291. The van der Waals surface area contributed by atoms with Crippen molar-refractivity contribution in [2.24, 2.45) is 5.41 Å². The standard InChI is InChI=1S/C25H53NOSi/c1-25(2,3)21-18-16-14-12-10-8-6-5-7-9-11-13-15-17-19-22-26-23-20-24-28-27-4/h26H,5-24H2,1-4H3. The number of hydrogen-bond donors (Lipinski definition) is 1. The molecule has 0 rings (SSSR count). The Balaban J connectivity index is 3.01. The molecule has 3 heteroatoms. The van der Waals surface area contributed by atoms with Gasteiger partial charge in [0.2, 0.25) is 9.76 Å². The molecule has 0 atom stereocenters. The fraction of sp³-hybridized carbons (Fsp3) is 1.00. The predicted molar refractivity (Wildman–Crippen MR) is 128 cm³/mol. The normalized spacial score (nSPS) is 12.0. The van der Waals surface area contributed by atoms with Gasteiger partial charge in [0.25, 0.3) is 0 Å². The van der Waals surface area contributed by atoms with Crippen LogP contribution in [0.4, 0.5) is 0 Å². The van der Waals surface area contributed by atoms with Crippen LogP contribution in [-0.4, -0.2) is 30.0 Å². The van der Waals surface area contributed by atoms with Crippen molar-refractivity contribution < 1.29 is 4.43 Å². The summed E-state index contributed by atoms with van der Waals surface area (Å²) in [5.74, 6) is 0. The highest BCUT2D eigenvalue weighted by molar-refractivity contribution is 6.26. The first-order valence-corrected chi connectivity index (χ1v) is 13.6. The second-order valence-corrected chi connectivity index (χ2v) is 11.0. The molecular formula is C25H53NOSi. The van der Waals surface area contributed by atoms with Crippen LogP contribution in [0.25, 0.3) is 0 Å². The van der Waals surface area contributed by atoms with E-state index in [1.54, 1.807) is 7.11 Å². The number of hydrogen-bond acceptors (Lipinski definition) is 2. The Kier molecular flexibility index (Phi) is 21.9. The lowest BCUT2D eigenvalue weighted by Gasteiger charge is -2.17. The van der Waals surface area contributed by atoms with Gasteiger partial charge in [-0.3, -0.25) is 0 Å². The minimum Gasteiger partial charge on any atom is -0.421 e. The summed E-state index contributed by atoms with van der Waals surface area (Å²) in [5.41, 5.74) is 0.529. The Morgan fingerprint density at radius 3 is 1.39 bits per heavy atom. The SMILES string of the molecule is CO[Si]CCCNCCCCCCCCCCCCCCCCCC(C)(C)C. The molecule has 2 radical (unpaired) electrons. The summed E-state index contributed by atoms with van der Waals surface area (Å²) >= 11 is 0. The van der Waals surface area contributed by atoms with E-state index in [0.29, 0.717) is 15.2 Å². The molecule has 0 heterocycles. The van der Waals surface area contributed by atoms with Crippen molar-refractivity contribution in [3.05, 3.63) is 0 Å². The zero-order valence-electron chi connectivity index (χ0n) is 20.1. The topological polar surface area (TPSA) is 21.3 Å². The highest BCUT2D eigenvalue weighted by Crippen LogP contribution is 2.22. The van der Waals surface area contributed by atoms with Crippen LogP contribution in [0.5, 0.6) is 0 Å². The molecule has 0 bridgehead atoms. The minimum atomic E-state index is 0.529. The molecule has 0 aliphatic carbocycles. The summed E-state index contributed by atoms with van der Waals surface area (Å²) in [6.45, 7) is 9.44. The van der Waals surface area contributed by atoms with Crippen molar-refractivity contribution in [3.8, 4) is 0 Å². The van der Waals surface area contributed by atoms with Gasteiger partial charge in [0, 0.05) is 7.11 Å². The third-order valence-corrected chi connectivity index (χ3v) is 6.40. The molecule has 0 aromatic carbocycles. The van der Waals surface area contributed by atoms with E-state index in [0.717, 1.165) is 6.54 Å². The molecule has 0 unspecified atom stereocenters. The van der Waals surface area contributed by atoms with Gasteiger partial charge in [0.05, 0.1) is 0 Å². The average Bonchev–Trinajstić information content (AvgIpc) is 2.65. The van der Waals surface area contributed by atoms with Gasteiger partial charge in [-0.05, 0) is 43.8 Å². The van der Waals surface area contributed by atoms with Crippen LogP contribution in [0.2, 0.25) is 6.04 Å². The zero-order valence-corrected chi connectivity index (χ0v) is 21.1. The molecule has 0 saturated heterocycles. The Labute approximate surface area is 181 Å². The van der Waals surface area contributed by atoms with Crippen molar-refractivity contribution in [2.75, 3.05) is 20.2 Å². The van der Waals surface area contributed by atoms with Crippen LogP contribution in [0.15, 0.2) is 0 Å². The first kappa shape index (κ1) is 28.1. The van der Waals surface area contributed by atoms with E-state index in [2.05, 4.69) is 26.1 Å². The highest BCUT2D eigenvalue weighted by atomic mass is 28.2. The Morgan fingerprint density at radius 2 is 0.964 bits per heavy atom. The van der Waals surface area contributed by atoms with Crippen molar-refractivity contribution in [1.29, 1.82) is 0 Å². The second-order valence-electron chi connectivity index (χ2n) is 9.82. The molecule has 2 nitrogen and oxygen atoms in total. The van der Waals surface area contributed by atoms with Crippen LogP contribution >= 0.6 is 0 Å². The van der Waals surface area contributed by atoms with Gasteiger partial charge in [-0.25, -0.2) is 0 Å². The van der Waals surface area contributed by atoms with Gasteiger partial charge < -0.3 is 9.74 Å². The summed E-state index contributed by atoms with van der Waals surface area (Å²) in [4.78, 5) is 0. The highest BCUT2D eigenvalue weighted by Gasteiger charge is 2.08. The third-order valence-electron chi connectivity index (χ3n) is 5.56. The lowest BCUT2D eigenvalue weighted by atomic mass is 9.89. The molecule has 0 aliphatic heterocycles. The molecule has 0 spiro atoms. The molecule has 0 aliphatic rings. The van der Waals surface area contributed by atoms with Crippen LogP contribution < -0.4 is 5.32 Å². The molecule has 168 valence electrons. The monoisotopic (exact) mass is 411 g/mol. The Hall–Kier alpha value is 0.137. The maximum absolute atomic E-state index is 5.09. The molecule has 28 heavy (non-hydrogen) atoms. The number of unbranched alkanes of at least 4 members (excludes halogenated alkanes) is 14. The van der Waals surface area contributed by atoms with E-state index in [-0.39, 0.29) is 0 Å². The van der Waals surface area contributed by atoms with Gasteiger partial charge in [-0.2, -0.15) is 0 Å². The predicted octanol–water partition coefficient (Wildman–Crippen LogP) is 7.94. The Morgan fingerprint density at radius 1 is 0.571 bits per heavy atom. The number of nitrogens with one attached hydrogen (secondary N) is 1. The van der Waals surface area contributed by atoms with E-state index < -0.39 is 0 Å². The molecule has 0 fully saturated rings. The largest absolute Gasteiger partial charge is 0.421 e. The quantitative estimate of drug-likeness (QED) is 0.144. The smallest absolute Gasteiger partial charge is 0.229 e. The molecule has 1 N–H and O–H groups in total. The van der Waals surface area contributed by atoms with Crippen molar-refractivity contribution in [2.45, 2.75) is 136 Å². The maximum Gasteiger partial charge on any atom is 0.229 e. The summed E-state index contributed by atoms with van der Waals surface area (Å²) in [5, 5.41) is 3.55. The molecule has 0 amide bonds. The van der Waals surface area contributed by atoms with Gasteiger partial charge in [-0.15, -0.1) is 0 Å². The average molecular weight is 412 g/mol. The summed E-state index contributed by atoms with van der Waals surface area (Å²) < 4.78 is 5.09. The van der Waals surface area contributed by atoms with Crippen molar-refractivity contribution >= 4 is 9.76 Å². The second kappa shape index (κ2) is 21.8. The molecular weight excluding hydrogens is 358 g/mol. The molecule has 0 aromatic rings. The first-order valence-electron chi connectivity index (χ1n) is 12.5. The summed E-state index contributed by atoms with van der Waals surface area (Å²) in [7, 11) is 2.48. The fourth-order valence-corrected chi connectivity index (χ4v) is 4.24. The first-order chi connectivity index (χ1) is 13.6. The van der Waals surface area contributed by atoms with Crippen LogP contribution in [0.1, 0.15) is 130 Å². The van der Waals surface area contributed by atoms with Crippen LogP contribution in [-0.2, 0) is 4.43 Å². The van der Waals surface area contributed by atoms with E-state index in [1.807, 2.05) is 0 Å². The van der Waals surface area contributed by atoms with E-state index in [1.165, 1.54) is 122 Å². The number of rotatable bonds is 22. The van der Waals surface area contributed by atoms with E-state index in [9.17, 15) is 0 Å². The lowest BCUT2D eigenvalue weighted by Crippen LogP contribution is -2.17. The molecule has 0 aromatic heterocycles. The summed E-state index contributed by atoms with van der Waals surface area (Å²) in [6.07, 6.45) is 24.3. The molecule has 0 saturated carbocycles. The van der Waals surface area contributed by atoms with Crippen LogP contribution in [0, 0.1) is 5.41 Å².